The van der Waals surface area contributed by atoms with Gasteiger partial charge in [-0.05, 0) is 48.0 Å². The molecule has 0 spiro atoms. The van der Waals surface area contributed by atoms with Crippen molar-refractivity contribution in [3.63, 3.8) is 0 Å². The molecule has 26 heavy (non-hydrogen) atoms. The number of hydrogen-bond donors (Lipinski definition) is 1. The summed E-state index contributed by atoms with van der Waals surface area (Å²) < 4.78 is 23.6. The molecule has 5 nitrogen and oxygen atoms in total. The summed E-state index contributed by atoms with van der Waals surface area (Å²) in [4.78, 5) is 20.4. The van der Waals surface area contributed by atoms with Crippen LogP contribution in [0.1, 0.15) is 11.4 Å². The van der Waals surface area contributed by atoms with E-state index in [0.717, 1.165) is 22.5 Å². The number of aromatic amines is 1. The summed E-state index contributed by atoms with van der Waals surface area (Å²) in [6.07, 6.45) is 2.83. The Kier molecular flexibility index (Phi) is 4.86. The molecule has 0 saturated carbocycles. The van der Waals surface area contributed by atoms with Gasteiger partial charge in [-0.15, -0.1) is 0 Å². The van der Waals surface area contributed by atoms with Crippen LogP contribution < -0.4 is 5.43 Å². The molecule has 0 unspecified atom stereocenters. The number of benzene rings is 1. The average Bonchev–Trinajstić information content (AvgIpc) is 2.60. The lowest BCUT2D eigenvalue weighted by molar-refractivity contribution is 0.602. The van der Waals surface area contributed by atoms with Crippen LogP contribution in [0.3, 0.4) is 0 Å². The molecular weight excluding hydrogens is 416 g/mol. The number of nitrogens with one attached hydrogen (secondary N) is 1. The molecule has 7 heteroatoms. The van der Waals surface area contributed by atoms with E-state index in [2.05, 4.69) is 25.9 Å². The van der Waals surface area contributed by atoms with E-state index < -0.39 is 9.84 Å². The Morgan fingerprint density at radius 3 is 2.12 bits per heavy atom. The molecule has 0 aliphatic rings. The van der Waals surface area contributed by atoms with Gasteiger partial charge in [-0.25, -0.2) is 8.42 Å². The number of hydrogen-bond acceptors (Lipinski definition) is 4. The molecule has 134 valence electrons. The fourth-order valence-corrected chi connectivity index (χ4v) is 3.71. The maximum Gasteiger partial charge on any atom is 0.204 e. The third-order valence-corrected chi connectivity index (χ3v) is 6.22. The van der Waals surface area contributed by atoms with Gasteiger partial charge in [-0.2, -0.15) is 0 Å². The van der Waals surface area contributed by atoms with Crippen molar-refractivity contribution in [1.82, 2.24) is 9.97 Å². The summed E-state index contributed by atoms with van der Waals surface area (Å²) in [5.41, 5.74) is 4.30. The zero-order valence-electron chi connectivity index (χ0n) is 14.5. The van der Waals surface area contributed by atoms with E-state index in [4.69, 9.17) is 0 Å². The largest absolute Gasteiger partial charge is 0.361 e. The summed E-state index contributed by atoms with van der Waals surface area (Å²) >= 11 is 3.32. The zero-order chi connectivity index (χ0) is 19.1. The number of aryl methyl sites for hydroxylation is 2. The van der Waals surface area contributed by atoms with E-state index in [9.17, 15) is 13.2 Å². The van der Waals surface area contributed by atoms with Crippen LogP contribution in [0.25, 0.3) is 22.4 Å². The van der Waals surface area contributed by atoms with Crippen molar-refractivity contribution in [2.24, 2.45) is 0 Å². The number of rotatable bonds is 3. The minimum Gasteiger partial charge on any atom is -0.361 e. The van der Waals surface area contributed by atoms with Crippen LogP contribution in [0, 0.1) is 13.8 Å². The molecule has 0 amide bonds. The molecule has 0 saturated heterocycles. The maximum atomic E-state index is 12.5. The Morgan fingerprint density at radius 1 is 0.962 bits per heavy atom. The molecule has 2 heterocycles. The predicted molar refractivity (Wildman–Crippen MR) is 106 cm³/mol. The second-order valence-electron chi connectivity index (χ2n) is 6.12. The smallest absolute Gasteiger partial charge is 0.204 e. The van der Waals surface area contributed by atoms with Gasteiger partial charge in [-0.3, -0.25) is 9.78 Å². The monoisotopic (exact) mass is 432 g/mol. The van der Waals surface area contributed by atoms with Crippen LogP contribution in [0.2, 0.25) is 0 Å². The van der Waals surface area contributed by atoms with Gasteiger partial charge in [0.15, 0.2) is 9.84 Å². The molecule has 3 rings (SSSR count). The summed E-state index contributed by atoms with van der Waals surface area (Å²) in [5, 5.41) is 0. The first-order valence-electron chi connectivity index (χ1n) is 7.84. The van der Waals surface area contributed by atoms with Gasteiger partial charge in [0.2, 0.25) is 5.43 Å². The highest BCUT2D eigenvalue weighted by Crippen LogP contribution is 2.25. The Balaban J connectivity index is 2.00. The van der Waals surface area contributed by atoms with Crippen molar-refractivity contribution in [2.45, 2.75) is 18.7 Å². The second kappa shape index (κ2) is 6.81. The Labute approximate surface area is 160 Å². The number of nitrogens with zero attached hydrogens (tertiary/aromatic N) is 1. The quantitative estimate of drug-likeness (QED) is 0.680. The third kappa shape index (κ3) is 3.50. The molecule has 3 aromatic rings. The molecule has 0 aliphatic heterocycles. The first kappa shape index (κ1) is 18.5. The Bertz CT molecular complexity index is 1130. The van der Waals surface area contributed by atoms with E-state index in [-0.39, 0.29) is 10.3 Å². The van der Waals surface area contributed by atoms with Crippen molar-refractivity contribution in [1.29, 1.82) is 0 Å². The third-order valence-electron chi connectivity index (χ3n) is 4.14. The highest BCUT2D eigenvalue weighted by Gasteiger charge is 2.13. The normalized spacial score (nSPS) is 11.5. The topological polar surface area (TPSA) is 79.9 Å². The average molecular weight is 433 g/mol. The molecule has 0 fully saturated rings. The molecule has 0 atom stereocenters. The van der Waals surface area contributed by atoms with Crippen molar-refractivity contribution >= 4 is 25.8 Å². The van der Waals surface area contributed by atoms with Gasteiger partial charge in [0.1, 0.15) is 0 Å². The molecule has 1 aromatic carbocycles. The molecule has 0 aliphatic carbocycles. The van der Waals surface area contributed by atoms with Crippen LogP contribution in [-0.2, 0) is 9.84 Å². The molecule has 0 bridgehead atoms. The number of H-pyrrole nitrogens is 1. The first-order valence-corrected chi connectivity index (χ1v) is 10.5. The van der Waals surface area contributed by atoms with E-state index in [1.165, 1.54) is 6.26 Å². The minimum atomic E-state index is -3.22. The van der Waals surface area contributed by atoms with Gasteiger partial charge in [-0.1, -0.05) is 18.2 Å². The maximum absolute atomic E-state index is 12.5. The van der Waals surface area contributed by atoms with Crippen LogP contribution in [0.15, 0.2) is 56.8 Å². The van der Waals surface area contributed by atoms with Gasteiger partial charge in [0.05, 0.1) is 20.6 Å². The first-order chi connectivity index (χ1) is 12.2. The Hall–Kier alpha value is -2.25. The van der Waals surface area contributed by atoms with Crippen molar-refractivity contribution in [2.75, 3.05) is 6.26 Å². The Morgan fingerprint density at radius 2 is 1.58 bits per heavy atom. The molecule has 2 aromatic heterocycles. The van der Waals surface area contributed by atoms with Crippen molar-refractivity contribution in [3.05, 3.63) is 68.7 Å². The predicted octanol–water partition coefficient (Wildman–Crippen LogP) is 3.89. The van der Waals surface area contributed by atoms with E-state index >= 15 is 0 Å². The standard InChI is InChI=1S/C19H17BrN2O3S/c1-11-17(19(23)18(20)12(2)22-11)14-6-9-16(21-10-14)13-4-7-15(8-5-13)26(3,24)25/h4-10H,1-3H3,(H,22,23). The number of halogens is 1. The molecular formula is C19H17BrN2O3S. The lowest BCUT2D eigenvalue weighted by Gasteiger charge is -2.09. The summed E-state index contributed by atoms with van der Waals surface area (Å²) in [6, 6.07) is 10.2. The lowest BCUT2D eigenvalue weighted by Crippen LogP contribution is -2.12. The van der Waals surface area contributed by atoms with Crippen molar-refractivity contribution in [3.8, 4) is 22.4 Å². The second-order valence-corrected chi connectivity index (χ2v) is 8.93. The van der Waals surface area contributed by atoms with E-state index in [0.29, 0.717) is 15.7 Å². The number of sulfone groups is 1. The summed E-state index contributed by atoms with van der Waals surface area (Å²) in [7, 11) is -3.22. The van der Waals surface area contributed by atoms with Crippen LogP contribution in [0.5, 0.6) is 0 Å². The lowest BCUT2D eigenvalue weighted by atomic mass is 10.0. The van der Waals surface area contributed by atoms with Crippen LogP contribution in [0.4, 0.5) is 0 Å². The fourth-order valence-electron chi connectivity index (χ4n) is 2.78. The minimum absolute atomic E-state index is 0.0780. The summed E-state index contributed by atoms with van der Waals surface area (Å²) in [6.45, 7) is 3.69. The molecule has 1 N–H and O–H groups in total. The van der Waals surface area contributed by atoms with Gasteiger partial charge >= 0.3 is 0 Å². The van der Waals surface area contributed by atoms with Crippen LogP contribution >= 0.6 is 15.9 Å². The van der Waals surface area contributed by atoms with Gasteiger partial charge in [0.25, 0.3) is 0 Å². The highest BCUT2D eigenvalue weighted by molar-refractivity contribution is 9.10. The number of pyridine rings is 2. The highest BCUT2D eigenvalue weighted by atomic mass is 79.9. The van der Waals surface area contributed by atoms with Crippen LogP contribution in [-0.4, -0.2) is 24.6 Å². The number of aromatic nitrogens is 2. The van der Waals surface area contributed by atoms with Crippen molar-refractivity contribution < 1.29 is 8.42 Å². The zero-order valence-corrected chi connectivity index (χ0v) is 16.9. The van der Waals surface area contributed by atoms with Gasteiger partial charge < -0.3 is 4.98 Å². The fraction of sp³-hybridized carbons (Fsp3) is 0.158. The molecule has 0 radical (unpaired) electrons. The summed E-state index contributed by atoms with van der Waals surface area (Å²) in [5.74, 6) is 0. The van der Waals surface area contributed by atoms with E-state index in [1.807, 2.05) is 26.0 Å². The van der Waals surface area contributed by atoms with E-state index in [1.54, 1.807) is 30.5 Å². The van der Waals surface area contributed by atoms with Gasteiger partial charge in [0, 0.05) is 35.0 Å². The SMILES string of the molecule is Cc1[nH]c(C)c(-c2ccc(-c3ccc(S(C)(=O)=O)cc3)nc2)c(=O)c1Br.